The van der Waals surface area contributed by atoms with Crippen molar-refractivity contribution in [1.82, 2.24) is 0 Å². The fraction of sp³-hybridized carbons (Fsp3) is 0.600. The lowest BCUT2D eigenvalue weighted by Crippen LogP contribution is -2.23. The lowest BCUT2D eigenvalue weighted by atomic mass is 10.1. The zero-order valence-corrected chi connectivity index (χ0v) is 11.9. The molecule has 1 aromatic carbocycles. The van der Waals surface area contributed by atoms with Crippen LogP contribution < -0.4 is 15.2 Å². The van der Waals surface area contributed by atoms with E-state index in [1.54, 1.807) is 7.11 Å². The minimum absolute atomic E-state index is 0.0230. The van der Waals surface area contributed by atoms with Crippen molar-refractivity contribution in [3.05, 3.63) is 23.8 Å². The van der Waals surface area contributed by atoms with Crippen LogP contribution in [0, 0.1) is 0 Å². The Morgan fingerprint density at radius 3 is 2.63 bits per heavy atom. The molecule has 0 bridgehead atoms. The molecule has 0 radical (unpaired) electrons. The maximum Gasteiger partial charge on any atom is 0.123 e. The quantitative estimate of drug-likeness (QED) is 0.888. The van der Waals surface area contributed by atoms with Gasteiger partial charge in [0.25, 0.3) is 0 Å². The Balaban J connectivity index is 1.96. The first kappa shape index (κ1) is 14.2. The van der Waals surface area contributed by atoms with Crippen LogP contribution in [-0.4, -0.2) is 25.4 Å². The van der Waals surface area contributed by atoms with E-state index in [-0.39, 0.29) is 11.7 Å². The van der Waals surface area contributed by atoms with Gasteiger partial charge in [-0.2, -0.15) is 0 Å². The van der Waals surface area contributed by atoms with Gasteiger partial charge in [-0.1, -0.05) is 0 Å². The maximum atomic E-state index is 5.90. The van der Waals surface area contributed by atoms with Crippen LogP contribution in [0.1, 0.15) is 32.3 Å². The van der Waals surface area contributed by atoms with E-state index in [1.165, 1.54) is 0 Å². The van der Waals surface area contributed by atoms with Crippen molar-refractivity contribution in [3.63, 3.8) is 0 Å². The predicted octanol–water partition coefficient (Wildman–Crippen LogP) is 2.49. The second-order valence-electron chi connectivity index (χ2n) is 5.57. The van der Waals surface area contributed by atoms with Gasteiger partial charge in [0, 0.05) is 12.6 Å². The molecule has 106 valence electrons. The third-order valence-electron chi connectivity index (χ3n) is 3.40. The largest absolute Gasteiger partial charge is 0.497 e. The first-order chi connectivity index (χ1) is 9.02. The number of rotatable bonds is 5. The highest BCUT2D eigenvalue weighted by atomic mass is 16.6. The number of hydrogen-bond acceptors (Lipinski definition) is 4. The Bertz CT molecular complexity index is 409. The summed E-state index contributed by atoms with van der Waals surface area (Å²) < 4.78 is 16.9. The molecule has 19 heavy (non-hydrogen) atoms. The summed E-state index contributed by atoms with van der Waals surface area (Å²) in [7, 11) is 1.64. The second-order valence-corrected chi connectivity index (χ2v) is 5.57. The van der Waals surface area contributed by atoms with Crippen LogP contribution in [0.5, 0.6) is 11.5 Å². The molecule has 2 rings (SSSR count). The molecular formula is C15H23NO3. The molecule has 1 atom stereocenters. The van der Waals surface area contributed by atoms with Gasteiger partial charge < -0.3 is 19.9 Å². The monoisotopic (exact) mass is 265 g/mol. The van der Waals surface area contributed by atoms with Crippen molar-refractivity contribution in [2.45, 2.75) is 44.9 Å². The highest BCUT2D eigenvalue weighted by molar-refractivity contribution is 5.38. The molecule has 1 heterocycles. The van der Waals surface area contributed by atoms with E-state index in [9.17, 15) is 0 Å². The van der Waals surface area contributed by atoms with Crippen molar-refractivity contribution in [3.8, 4) is 11.5 Å². The zero-order valence-electron chi connectivity index (χ0n) is 11.9. The number of benzene rings is 1. The average Bonchev–Trinajstić information content (AvgIpc) is 2.75. The highest BCUT2D eigenvalue weighted by Crippen LogP contribution is 2.30. The van der Waals surface area contributed by atoms with E-state index in [0.717, 1.165) is 29.9 Å². The first-order valence-corrected chi connectivity index (χ1v) is 6.71. The van der Waals surface area contributed by atoms with Crippen molar-refractivity contribution in [1.29, 1.82) is 0 Å². The summed E-state index contributed by atoms with van der Waals surface area (Å²) >= 11 is 0. The van der Waals surface area contributed by atoms with E-state index in [0.29, 0.717) is 13.2 Å². The summed E-state index contributed by atoms with van der Waals surface area (Å²) in [4.78, 5) is 0. The van der Waals surface area contributed by atoms with Gasteiger partial charge in [0.1, 0.15) is 18.1 Å². The van der Waals surface area contributed by atoms with E-state index in [1.807, 2.05) is 18.2 Å². The average molecular weight is 265 g/mol. The minimum atomic E-state index is -0.0230. The normalized spacial score (nSPS) is 21.4. The van der Waals surface area contributed by atoms with Crippen molar-refractivity contribution in [2.75, 3.05) is 13.7 Å². The molecule has 1 aromatic rings. The number of ether oxygens (including phenoxy) is 3. The topological polar surface area (TPSA) is 53.7 Å². The predicted molar refractivity (Wildman–Crippen MR) is 74.6 cm³/mol. The van der Waals surface area contributed by atoms with Gasteiger partial charge >= 0.3 is 0 Å². The molecular weight excluding hydrogens is 242 g/mol. The fourth-order valence-corrected chi connectivity index (χ4v) is 2.33. The maximum absolute atomic E-state index is 5.90. The van der Waals surface area contributed by atoms with E-state index >= 15 is 0 Å². The fourth-order valence-electron chi connectivity index (χ4n) is 2.33. The molecule has 1 fully saturated rings. The lowest BCUT2D eigenvalue weighted by molar-refractivity contribution is -0.0326. The number of hydrogen-bond donors (Lipinski definition) is 1. The minimum Gasteiger partial charge on any atom is -0.497 e. The van der Waals surface area contributed by atoms with Gasteiger partial charge in [0.15, 0.2) is 0 Å². The molecule has 1 unspecified atom stereocenters. The van der Waals surface area contributed by atoms with Crippen molar-refractivity contribution < 1.29 is 14.2 Å². The SMILES string of the molecule is COc1cc(CN)cc(OCC2CCC(C)(C)O2)c1. The Hall–Kier alpha value is -1.26. The summed E-state index contributed by atoms with van der Waals surface area (Å²) in [5, 5.41) is 0. The third-order valence-corrected chi connectivity index (χ3v) is 3.40. The summed E-state index contributed by atoms with van der Waals surface area (Å²) in [6.07, 6.45) is 2.29. The van der Waals surface area contributed by atoms with Gasteiger partial charge in [-0.05, 0) is 44.4 Å². The zero-order chi connectivity index (χ0) is 13.9. The molecule has 1 aliphatic heterocycles. The van der Waals surface area contributed by atoms with Crippen LogP contribution in [-0.2, 0) is 11.3 Å². The summed E-state index contributed by atoms with van der Waals surface area (Å²) in [6.45, 7) is 5.28. The van der Waals surface area contributed by atoms with E-state index < -0.39 is 0 Å². The van der Waals surface area contributed by atoms with Gasteiger partial charge in [0.2, 0.25) is 0 Å². The first-order valence-electron chi connectivity index (χ1n) is 6.71. The summed E-state index contributed by atoms with van der Waals surface area (Å²) in [6, 6.07) is 5.74. The molecule has 0 spiro atoms. The van der Waals surface area contributed by atoms with Crippen LogP contribution in [0.2, 0.25) is 0 Å². The van der Waals surface area contributed by atoms with Gasteiger partial charge in [-0.3, -0.25) is 0 Å². The van der Waals surface area contributed by atoms with Gasteiger partial charge in [0.05, 0.1) is 18.8 Å². The Morgan fingerprint density at radius 1 is 1.32 bits per heavy atom. The number of methoxy groups -OCH3 is 1. The molecule has 2 N–H and O–H groups in total. The van der Waals surface area contributed by atoms with Crippen LogP contribution in [0.4, 0.5) is 0 Å². The smallest absolute Gasteiger partial charge is 0.123 e. The van der Waals surface area contributed by atoms with Crippen LogP contribution in [0.3, 0.4) is 0 Å². The van der Waals surface area contributed by atoms with Gasteiger partial charge in [-0.15, -0.1) is 0 Å². The molecule has 0 aromatic heterocycles. The molecule has 1 aliphatic rings. The van der Waals surface area contributed by atoms with Crippen LogP contribution >= 0.6 is 0 Å². The Labute approximate surface area is 114 Å². The molecule has 0 amide bonds. The van der Waals surface area contributed by atoms with Gasteiger partial charge in [-0.25, -0.2) is 0 Å². The molecule has 0 saturated carbocycles. The molecule has 4 nitrogen and oxygen atoms in total. The van der Waals surface area contributed by atoms with Crippen molar-refractivity contribution in [2.24, 2.45) is 5.73 Å². The van der Waals surface area contributed by atoms with Crippen molar-refractivity contribution >= 4 is 0 Å². The molecule has 0 aliphatic carbocycles. The van der Waals surface area contributed by atoms with E-state index in [2.05, 4.69) is 13.8 Å². The summed E-state index contributed by atoms with van der Waals surface area (Å²) in [5.41, 5.74) is 6.64. The second kappa shape index (κ2) is 5.80. The standard InChI is InChI=1S/C15H23NO3/c1-15(2)5-4-12(19-15)10-18-14-7-11(9-16)6-13(8-14)17-3/h6-8,12H,4-5,9-10,16H2,1-3H3. The Morgan fingerprint density at radius 2 is 2.05 bits per heavy atom. The molecule has 1 saturated heterocycles. The lowest BCUT2D eigenvalue weighted by Gasteiger charge is -2.19. The summed E-state index contributed by atoms with van der Waals surface area (Å²) in [5.74, 6) is 1.55. The van der Waals surface area contributed by atoms with Crippen LogP contribution in [0.15, 0.2) is 18.2 Å². The highest BCUT2D eigenvalue weighted by Gasteiger charge is 2.31. The Kier molecular flexibility index (Phi) is 4.32. The van der Waals surface area contributed by atoms with Crippen LogP contribution in [0.25, 0.3) is 0 Å². The van der Waals surface area contributed by atoms with E-state index in [4.69, 9.17) is 19.9 Å². The molecule has 4 heteroatoms. The number of nitrogens with two attached hydrogens (primary N) is 1. The third kappa shape index (κ3) is 3.85.